The summed E-state index contributed by atoms with van der Waals surface area (Å²) in [4.78, 5) is 11.5. The lowest BCUT2D eigenvalue weighted by Crippen LogP contribution is -3.00. The summed E-state index contributed by atoms with van der Waals surface area (Å²) in [5.74, 6) is 0.225. The number of halogens is 1. The highest BCUT2D eigenvalue weighted by Gasteiger charge is 2.06. The maximum Gasteiger partial charge on any atom is 0.219 e. The Balaban J connectivity index is 0. The largest absolute Gasteiger partial charge is 1.00 e. The second-order valence-electron chi connectivity index (χ2n) is 5.88. The Morgan fingerprint density at radius 1 is 1.00 bits per heavy atom. The van der Waals surface area contributed by atoms with Crippen LogP contribution in [0.25, 0.3) is 0 Å². The summed E-state index contributed by atoms with van der Waals surface area (Å²) in [5, 5.41) is 3.00. The highest BCUT2D eigenvalue weighted by molar-refractivity contribution is 5.75. The van der Waals surface area contributed by atoms with E-state index >= 15 is 0 Å². The normalized spacial score (nSPS) is 10.9. The van der Waals surface area contributed by atoms with Crippen molar-refractivity contribution in [3.63, 3.8) is 0 Å². The van der Waals surface area contributed by atoms with E-state index in [2.05, 4.69) is 33.4 Å². The lowest BCUT2D eigenvalue weighted by atomic mass is 10.1. The van der Waals surface area contributed by atoms with E-state index < -0.39 is 0 Å². The number of carbonyl (C=O) groups excluding carboxylic acids is 1. The summed E-state index contributed by atoms with van der Waals surface area (Å²) in [7, 11) is 6.53. The molecule has 0 aliphatic rings. The van der Waals surface area contributed by atoms with Crippen LogP contribution in [0.5, 0.6) is 0 Å². The lowest BCUT2D eigenvalue weighted by molar-refractivity contribution is -0.870. The van der Waals surface area contributed by atoms with Crippen LogP contribution in [0.2, 0.25) is 0 Å². The Morgan fingerprint density at radius 3 is 2.17 bits per heavy atom. The Bertz CT molecular complexity index is 202. The highest BCUT2D eigenvalue weighted by atomic mass is 127. The van der Waals surface area contributed by atoms with Crippen LogP contribution in [0.1, 0.15) is 51.9 Å². The molecule has 0 fully saturated rings. The number of amides is 1. The molecule has 0 aromatic rings. The number of nitrogens with one attached hydrogen (secondary N) is 1. The van der Waals surface area contributed by atoms with Crippen molar-refractivity contribution in [1.29, 1.82) is 0 Å². The van der Waals surface area contributed by atoms with Crippen molar-refractivity contribution < 1.29 is 33.3 Å². The SMILES string of the molecule is CCCCCCCC(=O)NCCC[N+](C)(C)C.[I-]. The minimum atomic E-state index is 0. The summed E-state index contributed by atoms with van der Waals surface area (Å²) in [6.07, 6.45) is 7.83. The van der Waals surface area contributed by atoms with E-state index in [4.69, 9.17) is 0 Å². The highest BCUT2D eigenvalue weighted by Crippen LogP contribution is 2.04. The van der Waals surface area contributed by atoms with E-state index in [0.29, 0.717) is 6.42 Å². The van der Waals surface area contributed by atoms with Crippen LogP contribution in [0, 0.1) is 0 Å². The summed E-state index contributed by atoms with van der Waals surface area (Å²) in [6, 6.07) is 0. The topological polar surface area (TPSA) is 29.1 Å². The first kappa shape index (κ1) is 20.5. The molecule has 0 aromatic heterocycles. The van der Waals surface area contributed by atoms with E-state index in [-0.39, 0.29) is 29.9 Å². The number of hydrogen-bond acceptors (Lipinski definition) is 1. The predicted octanol–water partition coefficient (Wildman–Crippen LogP) is -0.437. The van der Waals surface area contributed by atoms with Crippen LogP contribution in [0.3, 0.4) is 0 Å². The van der Waals surface area contributed by atoms with Gasteiger partial charge in [0.05, 0.1) is 27.7 Å². The Hall–Kier alpha value is 0.160. The standard InChI is InChI=1S/C14H30N2O.HI/c1-5-6-7-8-9-11-14(17)15-12-10-13-16(2,3)4;/h5-13H2,1-4H3;1H. The van der Waals surface area contributed by atoms with Crippen LogP contribution in [-0.2, 0) is 4.79 Å². The summed E-state index contributed by atoms with van der Waals surface area (Å²) in [6.45, 7) is 4.14. The molecule has 0 aliphatic carbocycles. The van der Waals surface area contributed by atoms with Gasteiger partial charge < -0.3 is 33.8 Å². The molecule has 18 heavy (non-hydrogen) atoms. The zero-order valence-electron chi connectivity index (χ0n) is 12.6. The first-order valence-corrected chi connectivity index (χ1v) is 7.03. The quantitative estimate of drug-likeness (QED) is 0.316. The molecule has 1 N–H and O–H groups in total. The van der Waals surface area contributed by atoms with E-state index in [9.17, 15) is 4.79 Å². The first-order valence-electron chi connectivity index (χ1n) is 7.03. The number of unbranched alkanes of at least 4 members (excludes halogenated alkanes) is 4. The predicted molar refractivity (Wildman–Crippen MR) is 73.9 cm³/mol. The molecule has 4 heteroatoms. The van der Waals surface area contributed by atoms with Gasteiger partial charge in [-0.15, -0.1) is 0 Å². The molecule has 0 bridgehead atoms. The molecular formula is C14H31IN2O. The number of nitrogens with zero attached hydrogens (tertiary/aromatic N) is 1. The second-order valence-corrected chi connectivity index (χ2v) is 5.88. The average Bonchev–Trinajstić information content (AvgIpc) is 2.23. The third-order valence-corrected chi connectivity index (χ3v) is 2.84. The number of carbonyl (C=O) groups is 1. The maximum atomic E-state index is 11.5. The van der Waals surface area contributed by atoms with Gasteiger partial charge in [-0.05, 0) is 6.42 Å². The summed E-state index contributed by atoms with van der Waals surface area (Å²) >= 11 is 0. The molecule has 1 amide bonds. The third kappa shape index (κ3) is 16.2. The minimum absolute atomic E-state index is 0. The van der Waals surface area contributed by atoms with Gasteiger partial charge in [0.25, 0.3) is 0 Å². The van der Waals surface area contributed by atoms with Crippen molar-refractivity contribution in [3.8, 4) is 0 Å². The van der Waals surface area contributed by atoms with Crippen LogP contribution in [0.15, 0.2) is 0 Å². The van der Waals surface area contributed by atoms with Crippen molar-refractivity contribution >= 4 is 5.91 Å². The van der Waals surface area contributed by atoms with E-state index in [1.54, 1.807) is 0 Å². The van der Waals surface area contributed by atoms with Crippen LogP contribution in [0.4, 0.5) is 0 Å². The second kappa shape index (κ2) is 12.2. The van der Waals surface area contributed by atoms with Crippen molar-refractivity contribution in [3.05, 3.63) is 0 Å². The van der Waals surface area contributed by atoms with Crippen molar-refractivity contribution in [1.82, 2.24) is 5.32 Å². The third-order valence-electron chi connectivity index (χ3n) is 2.84. The van der Waals surface area contributed by atoms with Gasteiger partial charge in [0, 0.05) is 19.4 Å². The van der Waals surface area contributed by atoms with Crippen LogP contribution >= 0.6 is 0 Å². The van der Waals surface area contributed by atoms with Gasteiger partial charge in [0.15, 0.2) is 0 Å². The van der Waals surface area contributed by atoms with Crippen molar-refractivity contribution in [2.75, 3.05) is 34.2 Å². The maximum absolute atomic E-state index is 11.5. The van der Waals surface area contributed by atoms with Crippen molar-refractivity contribution in [2.24, 2.45) is 0 Å². The monoisotopic (exact) mass is 370 g/mol. The summed E-state index contributed by atoms with van der Waals surface area (Å²) in [5.41, 5.74) is 0. The van der Waals surface area contributed by atoms with E-state index in [0.717, 1.165) is 30.4 Å². The molecule has 0 aliphatic heterocycles. The Kier molecular flexibility index (Phi) is 13.9. The fourth-order valence-electron chi connectivity index (χ4n) is 1.76. The van der Waals surface area contributed by atoms with E-state index in [1.165, 1.54) is 25.7 Å². The number of rotatable bonds is 10. The van der Waals surface area contributed by atoms with Gasteiger partial charge in [-0.1, -0.05) is 32.6 Å². The molecule has 0 heterocycles. The molecule has 0 atom stereocenters. The molecule has 0 radical (unpaired) electrons. The number of quaternary nitrogens is 1. The van der Waals surface area contributed by atoms with E-state index in [1.807, 2.05) is 0 Å². The van der Waals surface area contributed by atoms with Gasteiger partial charge in [-0.25, -0.2) is 0 Å². The van der Waals surface area contributed by atoms with Gasteiger partial charge in [0.1, 0.15) is 0 Å². The Labute approximate surface area is 130 Å². The van der Waals surface area contributed by atoms with Crippen LogP contribution < -0.4 is 29.3 Å². The molecule has 0 spiro atoms. The zero-order chi connectivity index (χ0) is 13.1. The zero-order valence-corrected chi connectivity index (χ0v) is 14.8. The van der Waals surface area contributed by atoms with Gasteiger partial charge in [-0.3, -0.25) is 4.79 Å². The van der Waals surface area contributed by atoms with Crippen molar-refractivity contribution in [2.45, 2.75) is 51.9 Å². The molecule has 110 valence electrons. The Morgan fingerprint density at radius 2 is 1.61 bits per heavy atom. The van der Waals surface area contributed by atoms with Gasteiger partial charge in [-0.2, -0.15) is 0 Å². The summed E-state index contributed by atoms with van der Waals surface area (Å²) < 4.78 is 0.965. The fraction of sp³-hybridized carbons (Fsp3) is 0.929. The molecule has 0 aromatic carbocycles. The van der Waals surface area contributed by atoms with Gasteiger partial charge >= 0.3 is 0 Å². The molecular weight excluding hydrogens is 339 g/mol. The number of hydrogen-bond donors (Lipinski definition) is 1. The average molecular weight is 370 g/mol. The molecule has 0 unspecified atom stereocenters. The smallest absolute Gasteiger partial charge is 0.219 e. The minimum Gasteiger partial charge on any atom is -1.00 e. The fourth-order valence-corrected chi connectivity index (χ4v) is 1.76. The van der Waals surface area contributed by atoms with Gasteiger partial charge in [0.2, 0.25) is 5.91 Å². The van der Waals surface area contributed by atoms with Crippen LogP contribution in [-0.4, -0.2) is 44.6 Å². The molecule has 0 rings (SSSR count). The molecule has 3 nitrogen and oxygen atoms in total. The molecule has 0 saturated carbocycles. The first-order chi connectivity index (χ1) is 7.95. The lowest BCUT2D eigenvalue weighted by Gasteiger charge is -2.23. The molecule has 0 saturated heterocycles.